The highest BCUT2D eigenvalue weighted by Gasteiger charge is 2.25. The van der Waals surface area contributed by atoms with Crippen LogP contribution in [0.1, 0.15) is 23.4 Å². The third-order valence-electron chi connectivity index (χ3n) is 4.16. The number of pyridine rings is 1. The van der Waals surface area contributed by atoms with Crippen molar-refractivity contribution in [3.05, 3.63) is 41.6 Å². The fourth-order valence-electron chi connectivity index (χ4n) is 2.83. The maximum Gasteiger partial charge on any atom is 0.223 e. The van der Waals surface area contributed by atoms with E-state index in [2.05, 4.69) is 20.3 Å². The first-order valence-electron chi connectivity index (χ1n) is 8.11. The molecule has 0 saturated carbocycles. The number of hydrogen-bond acceptors (Lipinski definition) is 5. The summed E-state index contributed by atoms with van der Waals surface area (Å²) in [6.45, 7) is 1.43. The van der Waals surface area contributed by atoms with E-state index in [1.165, 1.54) is 0 Å². The number of carbonyl (C=O) groups is 1. The number of aromatic amines is 1. The Bertz CT molecular complexity index is 686. The van der Waals surface area contributed by atoms with E-state index in [9.17, 15) is 4.79 Å². The molecule has 3 rings (SSSR count). The van der Waals surface area contributed by atoms with Crippen LogP contribution in [0.5, 0.6) is 5.88 Å². The van der Waals surface area contributed by atoms with E-state index in [1.807, 2.05) is 12.1 Å². The quantitative estimate of drug-likeness (QED) is 0.746. The lowest BCUT2D eigenvalue weighted by Gasteiger charge is -2.20. The predicted octanol–water partition coefficient (Wildman–Crippen LogP) is 1.25. The molecule has 1 aliphatic carbocycles. The Morgan fingerprint density at radius 2 is 2.33 bits per heavy atom. The van der Waals surface area contributed by atoms with Gasteiger partial charge in [-0.15, -0.1) is 0 Å². The van der Waals surface area contributed by atoms with Crippen LogP contribution in [-0.4, -0.2) is 41.2 Å². The number of amides is 1. The van der Waals surface area contributed by atoms with Crippen molar-refractivity contribution >= 4 is 5.91 Å². The van der Waals surface area contributed by atoms with Crippen molar-refractivity contribution in [1.29, 1.82) is 0 Å². The number of aromatic nitrogens is 3. The minimum atomic E-state index is -0.00258. The number of ether oxygens (including phenoxy) is 2. The third kappa shape index (κ3) is 4.11. The van der Waals surface area contributed by atoms with Crippen LogP contribution >= 0.6 is 0 Å². The molecule has 2 N–H and O–H groups in total. The van der Waals surface area contributed by atoms with Crippen molar-refractivity contribution in [1.82, 2.24) is 20.3 Å². The minimum absolute atomic E-state index is 0.00258. The van der Waals surface area contributed by atoms with Gasteiger partial charge in [-0.25, -0.2) is 9.97 Å². The number of methoxy groups -OCH3 is 1. The molecule has 7 nitrogen and oxygen atoms in total. The van der Waals surface area contributed by atoms with Gasteiger partial charge in [-0.3, -0.25) is 4.79 Å². The molecule has 0 saturated heterocycles. The van der Waals surface area contributed by atoms with Gasteiger partial charge in [0.2, 0.25) is 11.8 Å². The molecule has 0 fully saturated rings. The molecule has 2 aromatic heterocycles. The van der Waals surface area contributed by atoms with Gasteiger partial charge in [-0.2, -0.15) is 0 Å². The van der Waals surface area contributed by atoms with Crippen molar-refractivity contribution in [2.75, 3.05) is 20.3 Å². The number of nitrogens with one attached hydrogen (secondary N) is 2. The number of aryl methyl sites for hydroxylation is 1. The first kappa shape index (κ1) is 16.4. The predicted molar refractivity (Wildman–Crippen MR) is 87.6 cm³/mol. The van der Waals surface area contributed by atoms with Gasteiger partial charge in [0.15, 0.2) is 0 Å². The Labute approximate surface area is 140 Å². The minimum Gasteiger partial charge on any atom is -0.475 e. The molecule has 2 aromatic rings. The second kappa shape index (κ2) is 7.92. The highest BCUT2D eigenvalue weighted by atomic mass is 16.5. The zero-order valence-electron chi connectivity index (χ0n) is 13.7. The lowest BCUT2D eigenvalue weighted by Crippen LogP contribution is -2.33. The molecule has 0 radical (unpaired) electrons. The number of rotatable bonds is 7. The maximum absolute atomic E-state index is 12.4. The summed E-state index contributed by atoms with van der Waals surface area (Å²) in [6, 6.07) is 3.71. The van der Waals surface area contributed by atoms with Crippen LogP contribution in [0.2, 0.25) is 0 Å². The fraction of sp³-hybridized carbons (Fsp3) is 0.471. The Morgan fingerprint density at radius 3 is 3.21 bits per heavy atom. The van der Waals surface area contributed by atoms with Crippen molar-refractivity contribution in [3.63, 3.8) is 0 Å². The highest BCUT2D eigenvalue weighted by Crippen LogP contribution is 2.23. The summed E-state index contributed by atoms with van der Waals surface area (Å²) in [7, 11) is 1.63. The van der Waals surface area contributed by atoms with Crippen LogP contribution in [0.4, 0.5) is 0 Å². The van der Waals surface area contributed by atoms with Gasteiger partial charge < -0.3 is 19.8 Å². The lowest BCUT2D eigenvalue weighted by molar-refractivity contribution is -0.125. The van der Waals surface area contributed by atoms with Gasteiger partial charge in [-0.1, -0.05) is 0 Å². The molecule has 0 aliphatic heterocycles. The van der Waals surface area contributed by atoms with Crippen LogP contribution in [0, 0.1) is 5.92 Å². The smallest absolute Gasteiger partial charge is 0.223 e. The molecule has 0 bridgehead atoms. The Hall–Kier alpha value is -2.41. The molecule has 24 heavy (non-hydrogen) atoms. The molecule has 7 heteroatoms. The summed E-state index contributed by atoms with van der Waals surface area (Å²) in [5.74, 6) is 0.615. The van der Waals surface area contributed by atoms with Crippen LogP contribution < -0.4 is 10.1 Å². The van der Waals surface area contributed by atoms with Gasteiger partial charge in [0, 0.05) is 44.0 Å². The zero-order chi connectivity index (χ0) is 16.8. The summed E-state index contributed by atoms with van der Waals surface area (Å²) in [4.78, 5) is 23.9. The Balaban J connectivity index is 1.50. The summed E-state index contributed by atoms with van der Waals surface area (Å²) >= 11 is 0. The van der Waals surface area contributed by atoms with E-state index in [1.54, 1.807) is 19.6 Å². The SMILES string of the molecule is COCCOc1cc(CNC(=O)[C@H]2CCc3nc[nH]c3C2)ccn1. The fourth-order valence-corrected chi connectivity index (χ4v) is 2.83. The standard InChI is InChI=1S/C17H22N4O3/c1-23-6-7-24-16-8-12(4-5-18-16)10-19-17(22)13-2-3-14-15(9-13)21-11-20-14/h4-5,8,11,13H,2-3,6-7,9-10H2,1H3,(H,19,22)(H,20,21)/t13-/m0/s1. The topological polar surface area (TPSA) is 89.1 Å². The first-order valence-corrected chi connectivity index (χ1v) is 8.11. The average molecular weight is 330 g/mol. The molecule has 1 amide bonds. The van der Waals surface area contributed by atoms with Crippen molar-refractivity contribution in [3.8, 4) is 5.88 Å². The normalized spacial score (nSPS) is 16.5. The molecule has 0 spiro atoms. The van der Waals surface area contributed by atoms with Gasteiger partial charge in [0.05, 0.1) is 18.6 Å². The number of nitrogens with zero attached hydrogens (tertiary/aromatic N) is 2. The van der Waals surface area contributed by atoms with E-state index in [-0.39, 0.29) is 11.8 Å². The molecular weight excluding hydrogens is 308 g/mol. The largest absolute Gasteiger partial charge is 0.475 e. The van der Waals surface area contributed by atoms with E-state index >= 15 is 0 Å². The van der Waals surface area contributed by atoms with Crippen LogP contribution in [0.3, 0.4) is 0 Å². The number of carbonyl (C=O) groups excluding carboxylic acids is 1. The van der Waals surface area contributed by atoms with Crippen molar-refractivity contribution in [2.45, 2.75) is 25.8 Å². The maximum atomic E-state index is 12.4. The number of imidazole rings is 1. The number of fused-ring (bicyclic) bond motifs is 1. The molecule has 0 aromatic carbocycles. The molecule has 1 atom stereocenters. The summed E-state index contributed by atoms with van der Waals surface area (Å²) in [5.41, 5.74) is 3.13. The Morgan fingerprint density at radius 1 is 1.42 bits per heavy atom. The van der Waals surface area contributed by atoms with Gasteiger partial charge >= 0.3 is 0 Å². The number of H-pyrrole nitrogens is 1. The summed E-state index contributed by atoms with van der Waals surface area (Å²) in [6.07, 6.45) is 5.80. The van der Waals surface area contributed by atoms with Crippen LogP contribution in [0.15, 0.2) is 24.7 Å². The zero-order valence-corrected chi connectivity index (χ0v) is 13.7. The van der Waals surface area contributed by atoms with Crippen LogP contribution in [0.25, 0.3) is 0 Å². The van der Waals surface area contributed by atoms with Gasteiger partial charge in [-0.05, 0) is 24.5 Å². The second-order valence-corrected chi connectivity index (χ2v) is 5.83. The second-order valence-electron chi connectivity index (χ2n) is 5.83. The molecule has 1 aliphatic rings. The van der Waals surface area contributed by atoms with E-state index in [4.69, 9.17) is 9.47 Å². The van der Waals surface area contributed by atoms with E-state index < -0.39 is 0 Å². The third-order valence-corrected chi connectivity index (χ3v) is 4.16. The Kier molecular flexibility index (Phi) is 5.43. The molecular formula is C17H22N4O3. The van der Waals surface area contributed by atoms with E-state index in [0.29, 0.717) is 25.6 Å². The highest BCUT2D eigenvalue weighted by molar-refractivity contribution is 5.79. The van der Waals surface area contributed by atoms with Crippen molar-refractivity contribution < 1.29 is 14.3 Å². The first-order chi connectivity index (χ1) is 11.8. The van der Waals surface area contributed by atoms with Gasteiger partial charge in [0.25, 0.3) is 0 Å². The molecule has 2 heterocycles. The number of hydrogen-bond donors (Lipinski definition) is 2. The van der Waals surface area contributed by atoms with Gasteiger partial charge in [0.1, 0.15) is 6.61 Å². The molecule has 0 unspecified atom stereocenters. The monoisotopic (exact) mass is 330 g/mol. The van der Waals surface area contributed by atoms with E-state index in [0.717, 1.165) is 36.2 Å². The summed E-state index contributed by atoms with van der Waals surface area (Å²) < 4.78 is 10.4. The summed E-state index contributed by atoms with van der Waals surface area (Å²) in [5, 5.41) is 3.00. The molecule has 128 valence electrons. The lowest BCUT2D eigenvalue weighted by atomic mass is 9.89. The average Bonchev–Trinajstić information content (AvgIpc) is 3.08. The van der Waals surface area contributed by atoms with Crippen LogP contribution in [-0.2, 0) is 28.9 Å². The van der Waals surface area contributed by atoms with Crippen molar-refractivity contribution in [2.24, 2.45) is 5.92 Å².